The standard InChI is InChI=1S/C7H7ClN2O4/c1-14-5(11)3-10-2-4(8)6(12)9-7(10)13/h2H,3H2,1H3,(H,9,12,13). The molecule has 0 aromatic carbocycles. The third kappa shape index (κ3) is 2.23. The van der Waals surface area contributed by atoms with E-state index in [0.29, 0.717) is 0 Å². The number of carbonyl (C=O) groups is 1. The molecule has 1 heterocycles. The molecule has 1 aromatic rings. The molecule has 0 aliphatic heterocycles. The number of methoxy groups -OCH3 is 1. The van der Waals surface area contributed by atoms with Crippen LogP contribution in [0.1, 0.15) is 0 Å². The summed E-state index contributed by atoms with van der Waals surface area (Å²) < 4.78 is 5.30. The molecule has 0 unspecified atom stereocenters. The molecule has 0 atom stereocenters. The molecule has 14 heavy (non-hydrogen) atoms. The highest BCUT2D eigenvalue weighted by Crippen LogP contribution is 1.95. The molecule has 0 aliphatic rings. The molecule has 0 fully saturated rings. The zero-order valence-corrected chi connectivity index (χ0v) is 8.00. The topological polar surface area (TPSA) is 81.2 Å². The van der Waals surface area contributed by atoms with Gasteiger partial charge in [-0.25, -0.2) is 4.79 Å². The number of nitrogens with zero attached hydrogens (tertiary/aromatic N) is 1. The van der Waals surface area contributed by atoms with Gasteiger partial charge in [0.1, 0.15) is 11.6 Å². The molecule has 0 saturated heterocycles. The Bertz CT molecular complexity index is 461. The third-order valence-corrected chi connectivity index (χ3v) is 1.76. The van der Waals surface area contributed by atoms with E-state index in [1.54, 1.807) is 0 Å². The van der Waals surface area contributed by atoms with Crippen molar-refractivity contribution in [2.45, 2.75) is 6.54 Å². The maximum Gasteiger partial charge on any atom is 0.328 e. The van der Waals surface area contributed by atoms with E-state index in [1.807, 2.05) is 4.98 Å². The van der Waals surface area contributed by atoms with Crippen molar-refractivity contribution in [3.05, 3.63) is 32.1 Å². The number of esters is 1. The SMILES string of the molecule is COC(=O)Cn1cc(Cl)c(=O)[nH]c1=O. The van der Waals surface area contributed by atoms with Crippen LogP contribution in [0.15, 0.2) is 15.8 Å². The number of carbonyl (C=O) groups excluding carboxylic acids is 1. The van der Waals surface area contributed by atoms with Gasteiger partial charge in [0.15, 0.2) is 0 Å². The number of nitrogens with one attached hydrogen (secondary N) is 1. The molecule has 0 radical (unpaired) electrons. The Labute approximate surface area is 83.1 Å². The van der Waals surface area contributed by atoms with Crippen LogP contribution in [0.25, 0.3) is 0 Å². The number of hydrogen-bond donors (Lipinski definition) is 1. The highest BCUT2D eigenvalue weighted by molar-refractivity contribution is 6.30. The van der Waals surface area contributed by atoms with Gasteiger partial charge in [-0.15, -0.1) is 0 Å². The lowest BCUT2D eigenvalue weighted by atomic mass is 10.5. The summed E-state index contributed by atoms with van der Waals surface area (Å²) in [4.78, 5) is 34.7. The van der Waals surface area contributed by atoms with Crippen LogP contribution in [0.4, 0.5) is 0 Å². The van der Waals surface area contributed by atoms with Gasteiger partial charge in [0.2, 0.25) is 0 Å². The zero-order chi connectivity index (χ0) is 10.7. The molecule has 0 saturated carbocycles. The van der Waals surface area contributed by atoms with Gasteiger partial charge in [-0.3, -0.25) is 19.1 Å². The molecule has 76 valence electrons. The van der Waals surface area contributed by atoms with Crippen molar-refractivity contribution < 1.29 is 9.53 Å². The normalized spacial score (nSPS) is 9.86. The molecule has 1 rings (SSSR count). The van der Waals surface area contributed by atoms with E-state index in [2.05, 4.69) is 4.74 Å². The van der Waals surface area contributed by atoms with E-state index in [4.69, 9.17) is 11.6 Å². The van der Waals surface area contributed by atoms with E-state index >= 15 is 0 Å². The maximum absolute atomic E-state index is 11.1. The molecule has 6 nitrogen and oxygen atoms in total. The van der Waals surface area contributed by atoms with Gasteiger partial charge in [-0.2, -0.15) is 0 Å². The highest BCUT2D eigenvalue weighted by atomic mass is 35.5. The Hall–Kier alpha value is -1.56. The molecule has 1 aromatic heterocycles. The minimum absolute atomic E-state index is 0.159. The molecular formula is C7H7ClN2O4. The second-order valence-corrected chi connectivity index (χ2v) is 2.85. The Kier molecular flexibility index (Phi) is 3.08. The van der Waals surface area contributed by atoms with E-state index in [1.165, 1.54) is 7.11 Å². The second kappa shape index (κ2) is 4.10. The molecule has 7 heteroatoms. The predicted molar refractivity (Wildman–Crippen MR) is 48.3 cm³/mol. The van der Waals surface area contributed by atoms with Gasteiger partial charge in [0.05, 0.1) is 7.11 Å². The fraction of sp³-hybridized carbons (Fsp3) is 0.286. The van der Waals surface area contributed by atoms with E-state index in [0.717, 1.165) is 10.8 Å². The zero-order valence-electron chi connectivity index (χ0n) is 7.24. The number of ether oxygens (including phenoxy) is 1. The van der Waals surface area contributed by atoms with Crippen LogP contribution in [0, 0.1) is 0 Å². The lowest BCUT2D eigenvalue weighted by Crippen LogP contribution is -2.32. The number of hydrogen-bond acceptors (Lipinski definition) is 4. The predicted octanol–water partition coefficient (Wildman–Crippen LogP) is -0.637. The summed E-state index contributed by atoms with van der Waals surface area (Å²) in [5, 5.41) is -0.159. The summed E-state index contributed by atoms with van der Waals surface area (Å²) in [7, 11) is 1.20. The minimum atomic E-state index is -0.704. The minimum Gasteiger partial charge on any atom is -0.468 e. The van der Waals surface area contributed by atoms with Crippen LogP contribution < -0.4 is 11.2 Å². The first kappa shape index (κ1) is 10.5. The summed E-state index contributed by atoms with van der Waals surface area (Å²) in [6, 6.07) is 0. The largest absolute Gasteiger partial charge is 0.468 e. The number of aromatic nitrogens is 2. The molecule has 0 amide bonds. The van der Waals surface area contributed by atoms with Gasteiger partial charge in [0.25, 0.3) is 5.56 Å². The Morgan fingerprint density at radius 3 is 2.86 bits per heavy atom. The Morgan fingerprint density at radius 1 is 1.64 bits per heavy atom. The number of rotatable bonds is 2. The average Bonchev–Trinajstić information content (AvgIpc) is 2.14. The van der Waals surface area contributed by atoms with E-state index in [-0.39, 0.29) is 11.6 Å². The van der Waals surface area contributed by atoms with Crippen molar-refractivity contribution in [3.63, 3.8) is 0 Å². The number of H-pyrrole nitrogens is 1. The smallest absolute Gasteiger partial charge is 0.328 e. The van der Waals surface area contributed by atoms with Crippen LogP contribution in [0.3, 0.4) is 0 Å². The molecule has 0 aliphatic carbocycles. The van der Waals surface area contributed by atoms with Gasteiger partial charge in [-0.1, -0.05) is 11.6 Å². The van der Waals surface area contributed by atoms with Crippen LogP contribution >= 0.6 is 11.6 Å². The fourth-order valence-electron chi connectivity index (χ4n) is 0.804. The van der Waals surface area contributed by atoms with Crippen molar-refractivity contribution in [1.82, 2.24) is 9.55 Å². The Balaban J connectivity index is 3.11. The quantitative estimate of drug-likeness (QED) is 0.670. The monoisotopic (exact) mass is 218 g/mol. The lowest BCUT2D eigenvalue weighted by Gasteiger charge is -2.02. The summed E-state index contributed by atoms with van der Waals surface area (Å²) in [5.41, 5.74) is -1.39. The highest BCUT2D eigenvalue weighted by Gasteiger charge is 2.06. The molecule has 0 bridgehead atoms. The van der Waals surface area contributed by atoms with Crippen molar-refractivity contribution >= 4 is 17.6 Å². The molecule has 1 N–H and O–H groups in total. The van der Waals surface area contributed by atoms with Gasteiger partial charge in [-0.05, 0) is 0 Å². The van der Waals surface area contributed by atoms with Gasteiger partial charge < -0.3 is 4.74 Å². The van der Waals surface area contributed by atoms with E-state index < -0.39 is 17.2 Å². The summed E-state index contributed by atoms with van der Waals surface area (Å²) in [6.07, 6.45) is 1.08. The maximum atomic E-state index is 11.1. The van der Waals surface area contributed by atoms with Crippen molar-refractivity contribution in [1.29, 1.82) is 0 Å². The summed E-state index contributed by atoms with van der Waals surface area (Å²) in [6.45, 7) is -0.286. The number of halogens is 1. The van der Waals surface area contributed by atoms with E-state index in [9.17, 15) is 14.4 Å². The Morgan fingerprint density at radius 2 is 2.29 bits per heavy atom. The van der Waals surface area contributed by atoms with Crippen LogP contribution in [-0.4, -0.2) is 22.6 Å². The van der Waals surface area contributed by atoms with Crippen molar-refractivity contribution in [2.24, 2.45) is 0 Å². The van der Waals surface area contributed by atoms with Gasteiger partial charge >= 0.3 is 11.7 Å². The molecule has 0 spiro atoms. The molecular weight excluding hydrogens is 212 g/mol. The second-order valence-electron chi connectivity index (χ2n) is 2.44. The summed E-state index contributed by atoms with van der Waals surface area (Å²) in [5.74, 6) is -0.602. The average molecular weight is 219 g/mol. The van der Waals surface area contributed by atoms with Crippen LogP contribution in [-0.2, 0) is 16.1 Å². The van der Waals surface area contributed by atoms with Crippen molar-refractivity contribution in [3.8, 4) is 0 Å². The van der Waals surface area contributed by atoms with Crippen LogP contribution in [0.5, 0.6) is 0 Å². The fourth-order valence-corrected chi connectivity index (χ4v) is 0.969. The van der Waals surface area contributed by atoms with Crippen molar-refractivity contribution in [2.75, 3.05) is 7.11 Å². The lowest BCUT2D eigenvalue weighted by molar-refractivity contribution is -0.141. The first-order valence-corrected chi connectivity index (χ1v) is 3.98. The van der Waals surface area contributed by atoms with Crippen LogP contribution in [0.2, 0.25) is 5.02 Å². The number of aromatic amines is 1. The third-order valence-electron chi connectivity index (χ3n) is 1.49. The van der Waals surface area contributed by atoms with Gasteiger partial charge in [0, 0.05) is 6.20 Å². The first-order chi connectivity index (χ1) is 6.54. The summed E-state index contributed by atoms with van der Waals surface area (Å²) >= 11 is 5.46. The first-order valence-electron chi connectivity index (χ1n) is 3.60.